The normalized spacial score (nSPS) is 10.8. The van der Waals surface area contributed by atoms with Gasteiger partial charge < -0.3 is 18.8 Å². The van der Waals surface area contributed by atoms with Crippen LogP contribution in [0.4, 0.5) is 0 Å². The van der Waals surface area contributed by atoms with Gasteiger partial charge in [0, 0.05) is 18.5 Å². The highest BCUT2D eigenvalue weighted by molar-refractivity contribution is 6.07. The number of benzene rings is 2. The summed E-state index contributed by atoms with van der Waals surface area (Å²) in [6, 6.07) is 18.8. The summed E-state index contributed by atoms with van der Waals surface area (Å²) in [6.45, 7) is 2.97. The molecule has 0 saturated heterocycles. The molecule has 0 N–H and O–H groups in total. The summed E-state index contributed by atoms with van der Waals surface area (Å²) in [5, 5.41) is 0.813. The van der Waals surface area contributed by atoms with Crippen molar-refractivity contribution in [2.45, 2.75) is 13.5 Å². The number of carbonyl (C=O) groups is 1. The number of amides is 1. The predicted molar refractivity (Wildman–Crippen MR) is 119 cm³/mol. The van der Waals surface area contributed by atoms with Crippen molar-refractivity contribution in [1.29, 1.82) is 0 Å². The third-order valence-electron chi connectivity index (χ3n) is 5.21. The van der Waals surface area contributed by atoms with Crippen LogP contribution >= 0.6 is 0 Å². The summed E-state index contributed by atoms with van der Waals surface area (Å²) in [6.07, 6.45) is 1.60. The van der Waals surface area contributed by atoms with E-state index in [1.165, 1.54) is 0 Å². The second-order valence-corrected chi connectivity index (χ2v) is 7.06. The molecule has 4 rings (SSSR count). The number of hydrogen-bond acceptors (Lipinski definition) is 5. The first-order valence-electron chi connectivity index (χ1n) is 10.1. The lowest BCUT2D eigenvalue weighted by atomic mass is 10.0. The second kappa shape index (κ2) is 8.92. The predicted octanol–water partition coefficient (Wildman–Crippen LogP) is 5.17. The molecular formula is C25H24N2O4. The second-order valence-electron chi connectivity index (χ2n) is 7.06. The van der Waals surface area contributed by atoms with Gasteiger partial charge in [-0.05, 0) is 48.9 Å². The summed E-state index contributed by atoms with van der Waals surface area (Å²) >= 11 is 0. The summed E-state index contributed by atoms with van der Waals surface area (Å²) < 4.78 is 16.2. The monoisotopic (exact) mass is 416 g/mol. The zero-order chi connectivity index (χ0) is 21.8. The van der Waals surface area contributed by atoms with Crippen LogP contribution in [0.1, 0.15) is 22.8 Å². The number of ether oxygens (including phenoxy) is 2. The zero-order valence-corrected chi connectivity index (χ0v) is 17.8. The first-order chi connectivity index (χ1) is 15.1. The van der Waals surface area contributed by atoms with Gasteiger partial charge in [0.15, 0.2) is 17.3 Å². The summed E-state index contributed by atoms with van der Waals surface area (Å²) in [7, 11) is 3.20. The van der Waals surface area contributed by atoms with Crippen LogP contribution in [0.15, 0.2) is 71.3 Å². The molecule has 0 atom stereocenters. The maximum absolute atomic E-state index is 13.6. The third kappa shape index (κ3) is 4.10. The molecule has 1 amide bonds. The molecule has 2 heterocycles. The first-order valence-corrected chi connectivity index (χ1v) is 10.1. The summed E-state index contributed by atoms with van der Waals surface area (Å²) in [4.78, 5) is 20.1. The number of furan rings is 1. The van der Waals surface area contributed by atoms with Crippen LogP contribution in [0.3, 0.4) is 0 Å². The number of carbonyl (C=O) groups excluding carboxylic acids is 1. The Morgan fingerprint density at radius 2 is 1.81 bits per heavy atom. The van der Waals surface area contributed by atoms with Crippen molar-refractivity contribution < 1.29 is 18.7 Å². The van der Waals surface area contributed by atoms with E-state index in [0.29, 0.717) is 41.6 Å². The molecule has 0 unspecified atom stereocenters. The third-order valence-corrected chi connectivity index (χ3v) is 5.21. The topological polar surface area (TPSA) is 64.8 Å². The maximum atomic E-state index is 13.6. The minimum atomic E-state index is -0.0660. The summed E-state index contributed by atoms with van der Waals surface area (Å²) in [5.41, 5.74) is 2.94. The lowest BCUT2D eigenvalue weighted by Crippen LogP contribution is -2.30. The van der Waals surface area contributed by atoms with Gasteiger partial charge in [0.2, 0.25) is 0 Å². The number of para-hydroxylation sites is 1. The number of methoxy groups -OCH3 is 2. The van der Waals surface area contributed by atoms with Crippen LogP contribution in [-0.2, 0) is 6.54 Å². The molecule has 0 aliphatic heterocycles. The van der Waals surface area contributed by atoms with Crippen molar-refractivity contribution in [1.82, 2.24) is 9.88 Å². The van der Waals surface area contributed by atoms with Gasteiger partial charge in [0.1, 0.15) is 5.69 Å². The quantitative estimate of drug-likeness (QED) is 0.416. The Hall–Kier alpha value is -3.80. The highest BCUT2D eigenvalue weighted by atomic mass is 16.5. The Bertz CT molecular complexity index is 1200. The van der Waals surface area contributed by atoms with Gasteiger partial charge in [0.05, 0.1) is 31.6 Å². The maximum Gasteiger partial charge on any atom is 0.254 e. The van der Waals surface area contributed by atoms with Gasteiger partial charge in [-0.2, -0.15) is 0 Å². The molecule has 6 nitrogen and oxygen atoms in total. The highest BCUT2D eigenvalue weighted by Gasteiger charge is 2.20. The van der Waals surface area contributed by atoms with E-state index < -0.39 is 0 Å². The number of rotatable bonds is 7. The van der Waals surface area contributed by atoms with Crippen molar-refractivity contribution in [2.24, 2.45) is 0 Å². The van der Waals surface area contributed by atoms with Gasteiger partial charge >= 0.3 is 0 Å². The van der Waals surface area contributed by atoms with Gasteiger partial charge in [-0.15, -0.1) is 0 Å². The van der Waals surface area contributed by atoms with Crippen LogP contribution in [0.5, 0.6) is 11.5 Å². The highest BCUT2D eigenvalue weighted by Crippen LogP contribution is 2.29. The fourth-order valence-electron chi connectivity index (χ4n) is 3.60. The molecule has 0 spiro atoms. The molecule has 0 saturated carbocycles. The van der Waals surface area contributed by atoms with E-state index in [2.05, 4.69) is 4.98 Å². The molecule has 158 valence electrons. The molecule has 0 fully saturated rings. The van der Waals surface area contributed by atoms with Crippen molar-refractivity contribution in [3.05, 3.63) is 78.1 Å². The van der Waals surface area contributed by atoms with E-state index in [0.717, 1.165) is 16.5 Å². The van der Waals surface area contributed by atoms with Gasteiger partial charge in [0.25, 0.3) is 5.91 Å². The molecule has 0 aliphatic rings. The number of fused-ring (bicyclic) bond motifs is 1. The number of aromatic nitrogens is 1. The molecule has 31 heavy (non-hydrogen) atoms. The van der Waals surface area contributed by atoms with Gasteiger partial charge in [-0.3, -0.25) is 4.79 Å². The van der Waals surface area contributed by atoms with Crippen molar-refractivity contribution in [2.75, 3.05) is 20.8 Å². The largest absolute Gasteiger partial charge is 0.493 e. The zero-order valence-electron chi connectivity index (χ0n) is 17.8. The van der Waals surface area contributed by atoms with Crippen LogP contribution in [-0.4, -0.2) is 36.6 Å². The standard InChI is InChI=1S/C25H24N2O4/c1-4-27(16-17-11-12-23(29-2)24(14-17)30-3)25(28)19-15-21(22-10-7-13-31-22)26-20-9-6-5-8-18(19)20/h5-15H,4,16H2,1-3H3. The Morgan fingerprint density at radius 1 is 1.00 bits per heavy atom. The Morgan fingerprint density at radius 3 is 2.52 bits per heavy atom. The SMILES string of the molecule is CCN(Cc1ccc(OC)c(OC)c1)C(=O)c1cc(-c2ccco2)nc2ccccc12. The molecule has 4 aromatic rings. The van der Waals surface area contributed by atoms with Crippen molar-refractivity contribution in [3.8, 4) is 23.0 Å². The van der Waals surface area contributed by atoms with Crippen LogP contribution in [0.2, 0.25) is 0 Å². The first kappa shape index (κ1) is 20.5. The van der Waals surface area contributed by atoms with E-state index in [4.69, 9.17) is 13.9 Å². The Kier molecular flexibility index (Phi) is 5.89. The number of pyridine rings is 1. The van der Waals surface area contributed by atoms with E-state index in [1.54, 1.807) is 31.4 Å². The molecule has 0 bridgehead atoms. The number of nitrogens with zero attached hydrogens (tertiary/aromatic N) is 2. The van der Waals surface area contributed by atoms with E-state index in [-0.39, 0.29) is 5.91 Å². The van der Waals surface area contributed by atoms with Crippen LogP contribution in [0, 0.1) is 0 Å². The minimum absolute atomic E-state index is 0.0660. The van der Waals surface area contributed by atoms with E-state index in [9.17, 15) is 4.79 Å². The van der Waals surface area contributed by atoms with Crippen LogP contribution in [0.25, 0.3) is 22.4 Å². The fourth-order valence-corrected chi connectivity index (χ4v) is 3.60. The smallest absolute Gasteiger partial charge is 0.254 e. The minimum Gasteiger partial charge on any atom is -0.493 e. The fraction of sp³-hybridized carbons (Fsp3) is 0.200. The molecule has 2 aromatic heterocycles. The molecular weight excluding hydrogens is 392 g/mol. The molecule has 6 heteroatoms. The Labute approximate surface area is 181 Å². The van der Waals surface area contributed by atoms with E-state index in [1.807, 2.05) is 61.5 Å². The van der Waals surface area contributed by atoms with Gasteiger partial charge in [-0.25, -0.2) is 4.98 Å². The molecule has 0 aliphatic carbocycles. The van der Waals surface area contributed by atoms with Crippen LogP contribution < -0.4 is 9.47 Å². The van der Waals surface area contributed by atoms with Gasteiger partial charge in [-0.1, -0.05) is 24.3 Å². The number of hydrogen-bond donors (Lipinski definition) is 0. The Balaban J connectivity index is 1.72. The average molecular weight is 416 g/mol. The lowest BCUT2D eigenvalue weighted by Gasteiger charge is -2.22. The van der Waals surface area contributed by atoms with E-state index >= 15 is 0 Å². The lowest BCUT2D eigenvalue weighted by molar-refractivity contribution is 0.0754. The van der Waals surface area contributed by atoms with Crippen molar-refractivity contribution >= 4 is 16.8 Å². The molecule has 0 radical (unpaired) electrons. The average Bonchev–Trinajstić information content (AvgIpc) is 3.36. The summed E-state index contributed by atoms with van der Waals surface area (Å²) in [5.74, 6) is 1.85. The van der Waals surface area contributed by atoms with Crippen molar-refractivity contribution in [3.63, 3.8) is 0 Å². The molecule has 2 aromatic carbocycles.